The van der Waals surface area contributed by atoms with Crippen LogP contribution in [0.25, 0.3) is 5.65 Å². The second kappa shape index (κ2) is 11.7. The number of carbonyl (C=O) groups is 1. The fraction of sp³-hybridized carbons (Fsp3) is 0.538. The predicted octanol–water partition coefficient (Wildman–Crippen LogP) is 3.48. The zero-order valence-electron chi connectivity index (χ0n) is 21.8. The van der Waals surface area contributed by atoms with Gasteiger partial charge < -0.3 is 30.4 Å². The molecule has 37 heavy (non-hydrogen) atoms. The molecule has 3 aromatic rings. The van der Waals surface area contributed by atoms with Gasteiger partial charge in [0.25, 0.3) is 11.5 Å². The summed E-state index contributed by atoms with van der Waals surface area (Å²) in [5.74, 6) is 0.380. The van der Waals surface area contributed by atoms with E-state index < -0.39 is 5.91 Å². The molecule has 4 N–H and O–H groups in total. The summed E-state index contributed by atoms with van der Waals surface area (Å²) in [6.07, 6.45) is 11.4. The number of nitrogens with zero attached hydrogens (tertiary/aromatic N) is 4. The van der Waals surface area contributed by atoms with E-state index in [1.54, 1.807) is 29.9 Å². The maximum atomic E-state index is 12.9. The Morgan fingerprint density at radius 3 is 2.59 bits per heavy atom. The zero-order chi connectivity index (χ0) is 26.4. The third kappa shape index (κ3) is 6.11. The molecule has 0 atom stereocenters. The molecule has 11 heteroatoms. The molecule has 1 aliphatic heterocycles. The average Bonchev–Trinajstić information content (AvgIpc) is 3.35. The molecule has 200 valence electrons. The summed E-state index contributed by atoms with van der Waals surface area (Å²) < 4.78 is 14.0. The fourth-order valence-corrected chi connectivity index (χ4v) is 4.88. The van der Waals surface area contributed by atoms with Gasteiger partial charge in [0.05, 0.1) is 11.8 Å². The largest absolute Gasteiger partial charge is 0.381 e. The van der Waals surface area contributed by atoms with E-state index in [2.05, 4.69) is 27.6 Å². The summed E-state index contributed by atoms with van der Waals surface area (Å²) in [5, 5.41) is 10.2. The first kappa shape index (κ1) is 26.6. The summed E-state index contributed by atoms with van der Waals surface area (Å²) in [6, 6.07) is 5.34. The molecule has 0 radical (unpaired) electrons. The third-order valence-corrected chi connectivity index (χ3v) is 7.22. The number of aromatic nitrogens is 4. The number of fused-ring (bicyclic) bond motifs is 1. The van der Waals surface area contributed by atoms with Crippen molar-refractivity contribution in [2.45, 2.75) is 63.5 Å². The lowest BCUT2D eigenvalue weighted by Gasteiger charge is -2.31. The Hall–Kier alpha value is -3.44. The molecule has 0 spiro atoms. The van der Waals surface area contributed by atoms with E-state index in [1.165, 1.54) is 42.8 Å². The van der Waals surface area contributed by atoms with Crippen molar-refractivity contribution >= 4 is 28.9 Å². The highest BCUT2D eigenvalue weighted by Crippen LogP contribution is 2.30. The topological polar surface area (TPSA) is 138 Å². The minimum atomic E-state index is -0.622. The van der Waals surface area contributed by atoms with Crippen LogP contribution in [0.3, 0.4) is 0 Å². The Kier molecular flexibility index (Phi) is 8.45. The van der Waals surface area contributed by atoms with Gasteiger partial charge in [-0.15, -0.1) is 0 Å². The number of rotatable bonds is 6. The first-order valence-electron chi connectivity index (χ1n) is 12.8. The minimum Gasteiger partial charge on any atom is -0.381 e. The lowest BCUT2D eigenvalue weighted by atomic mass is 9.86. The van der Waals surface area contributed by atoms with Crippen LogP contribution < -0.4 is 21.9 Å². The molecule has 3 aromatic heterocycles. The Morgan fingerprint density at radius 2 is 1.97 bits per heavy atom. The van der Waals surface area contributed by atoms with Gasteiger partial charge in [0.1, 0.15) is 22.9 Å². The maximum Gasteiger partial charge on any atom is 0.274 e. The number of nitrogens with one attached hydrogen (secondary N) is 2. The number of ether oxygens (including phenoxy) is 2. The molecule has 0 aromatic carbocycles. The van der Waals surface area contributed by atoms with Crippen LogP contribution >= 0.6 is 0 Å². The van der Waals surface area contributed by atoms with Crippen molar-refractivity contribution in [3.05, 3.63) is 46.5 Å². The smallest absolute Gasteiger partial charge is 0.274 e. The Morgan fingerprint density at radius 1 is 1.24 bits per heavy atom. The first-order chi connectivity index (χ1) is 17.8. The average molecular weight is 512 g/mol. The molecular weight excluding hydrogens is 474 g/mol. The number of hydrogen-bond donors (Lipinski definition) is 3. The normalized spacial score (nSPS) is 17.6. The van der Waals surface area contributed by atoms with Crippen molar-refractivity contribution < 1.29 is 14.3 Å². The number of amides is 1. The second-order valence-electron chi connectivity index (χ2n) is 9.75. The molecule has 0 unspecified atom stereocenters. The Bertz CT molecular complexity index is 1270. The standard InChI is InChI=1S/C18H21N7O3.C8H16O/c1-20-15-9-14(23-17-12(16(19)26)10-21-25(15)17)22-13-3-2-6-24(18(13)27)11-4-7-28-8-5-11;1-8(9-2)6-4-3-5-7-8/h2-3,6,9-11,20H,4-5,7-8H2,1H3,(H2,19,26)(H,22,23);3-7H2,1-2H3. The van der Waals surface area contributed by atoms with E-state index in [4.69, 9.17) is 15.2 Å². The van der Waals surface area contributed by atoms with E-state index in [1.807, 2.05) is 13.2 Å². The fourth-order valence-electron chi connectivity index (χ4n) is 4.88. The SMILES string of the molecule is CNc1cc(Nc2cccn(C3CCOCC3)c2=O)nc2c(C(N)=O)cnn12.COC1(C)CCCCC1. The maximum absolute atomic E-state index is 12.9. The quantitative estimate of drug-likeness (QED) is 0.457. The summed E-state index contributed by atoms with van der Waals surface area (Å²) in [4.78, 5) is 29.0. The van der Waals surface area contributed by atoms with Crippen LogP contribution in [0.2, 0.25) is 0 Å². The minimum absolute atomic E-state index is 0.114. The summed E-state index contributed by atoms with van der Waals surface area (Å²) in [7, 11) is 3.55. The number of methoxy groups -OCH3 is 1. The molecule has 2 aliphatic rings. The Balaban J connectivity index is 0.000000301. The third-order valence-electron chi connectivity index (χ3n) is 7.22. The van der Waals surface area contributed by atoms with Crippen LogP contribution in [0.15, 0.2) is 35.4 Å². The van der Waals surface area contributed by atoms with Crippen LogP contribution in [0.1, 0.15) is 68.3 Å². The summed E-state index contributed by atoms with van der Waals surface area (Å²) >= 11 is 0. The molecule has 5 rings (SSSR count). The van der Waals surface area contributed by atoms with E-state index in [0.717, 1.165) is 12.8 Å². The van der Waals surface area contributed by atoms with Crippen LogP contribution in [0.4, 0.5) is 17.3 Å². The van der Waals surface area contributed by atoms with E-state index in [-0.39, 0.29) is 22.8 Å². The van der Waals surface area contributed by atoms with Crippen molar-refractivity contribution in [3.63, 3.8) is 0 Å². The van der Waals surface area contributed by atoms with Crippen molar-refractivity contribution in [1.29, 1.82) is 0 Å². The van der Waals surface area contributed by atoms with E-state index >= 15 is 0 Å². The van der Waals surface area contributed by atoms with Gasteiger partial charge in [0.2, 0.25) is 0 Å². The van der Waals surface area contributed by atoms with Gasteiger partial charge in [0.15, 0.2) is 5.65 Å². The van der Waals surface area contributed by atoms with Crippen molar-refractivity contribution in [2.24, 2.45) is 5.73 Å². The van der Waals surface area contributed by atoms with Gasteiger partial charge in [-0.2, -0.15) is 9.61 Å². The number of anilines is 3. The van der Waals surface area contributed by atoms with Crippen LogP contribution in [-0.2, 0) is 9.47 Å². The molecule has 11 nitrogen and oxygen atoms in total. The molecule has 4 heterocycles. The molecular formula is C26H37N7O4. The van der Waals surface area contributed by atoms with Crippen LogP contribution in [0, 0.1) is 0 Å². The highest BCUT2D eigenvalue weighted by molar-refractivity contribution is 5.98. The zero-order valence-corrected chi connectivity index (χ0v) is 21.8. The van der Waals surface area contributed by atoms with Crippen molar-refractivity contribution in [3.8, 4) is 0 Å². The summed E-state index contributed by atoms with van der Waals surface area (Å²) in [5.41, 5.74) is 6.40. The van der Waals surface area contributed by atoms with E-state index in [0.29, 0.717) is 36.2 Å². The molecule has 1 aliphatic carbocycles. The lowest BCUT2D eigenvalue weighted by molar-refractivity contribution is -0.0231. The number of carbonyl (C=O) groups excluding carboxylic acids is 1. The molecule has 1 saturated carbocycles. The van der Waals surface area contributed by atoms with Crippen LogP contribution in [-0.4, -0.2) is 58.0 Å². The van der Waals surface area contributed by atoms with E-state index in [9.17, 15) is 9.59 Å². The molecule has 1 saturated heterocycles. The predicted molar refractivity (Wildman–Crippen MR) is 143 cm³/mol. The second-order valence-corrected chi connectivity index (χ2v) is 9.75. The van der Waals surface area contributed by atoms with Gasteiger partial charge in [-0.3, -0.25) is 9.59 Å². The van der Waals surface area contributed by atoms with Gasteiger partial charge in [-0.25, -0.2) is 4.98 Å². The first-order valence-corrected chi connectivity index (χ1v) is 12.8. The number of pyridine rings is 1. The van der Waals surface area contributed by atoms with Gasteiger partial charge >= 0.3 is 0 Å². The monoisotopic (exact) mass is 511 g/mol. The number of primary amides is 1. The van der Waals surface area contributed by atoms with Crippen molar-refractivity contribution in [2.75, 3.05) is 38.0 Å². The molecule has 0 bridgehead atoms. The molecule has 1 amide bonds. The lowest BCUT2D eigenvalue weighted by Crippen LogP contribution is -2.29. The molecule has 2 fully saturated rings. The van der Waals surface area contributed by atoms with Gasteiger partial charge in [-0.1, -0.05) is 19.3 Å². The van der Waals surface area contributed by atoms with Crippen molar-refractivity contribution in [1.82, 2.24) is 19.2 Å². The number of nitrogens with two attached hydrogens (primary N) is 1. The highest BCUT2D eigenvalue weighted by atomic mass is 16.5. The number of hydrogen-bond acceptors (Lipinski definition) is 8. The summed E-state index contributed by atoms with van der Waals surface area (Å²) in [6.45, 7) is 3.51. The van der Waals surface area contributed by atoms with Crippen LogP contribution in [0.5, 0.6) is 0 Å². The van der Waals surface area contributed by atoms with Gasteiger partial charge in [0, 0.05) is 45.7 Å². The van der Waals surface area contributed by atoms with Gasteiger partial charge in [-0.05, 0) is 44.7 Å². The Labute approximate surface area is 216 Å². The highest BCUT2D eigenvalue weighted by Gasteiger charge is 2.25.